The third kappa shape index (κ3) is 4.62. The number of esters is 1. The number of ether oxygens (including phenoxy) is 4. The predicted octanol–water partition coefficient (Wildman–Crippen LogP) is 3.56. The lowest BCUT2D eigenvalue weighted by Crippen LogP contribution is -2.15. The lowest BCUT2D eigenvalue weighted by molar-refractivity contribution is -0.136. The second-order valence-corrected chi connectivity index (χ2v) is 6.33. The van der Waals surface area contributed by atoms with Crippen molar-refractivity contribution >= 4 is 18.1 Å². The molecule has 0 fully saturated rings. The van der Waals surface area contributed by atoms with Crippen LogP contribution in [0.5, 0.6) is 11.5 Å². The van der Waals surface area contributed by atoms with E-state index >= 15 is 0 Å². The van der Waals surface area contributed by atoms with E-state index in [1.165, 1.54) is 7.11 Å². The van der Waals surface area contributed by atoms with Crippen LogP contribution in [-0.2, 0) is 27.3 Å². The normalized spacial score (nSPS) is 13.0. The fourth-order valence-corrected chi connectivity index (χ4v) is 3.04. The van der Waals surface area contributed by atoms with Crippen LogP contribution >= 0.6 is 0 Å². The van der Waals surface area contributed by atoms with Crippen molar-refractivity contribution in [1.82, 2.24) is 0 Å². The predicted molar refractivity (Wildman–Crippen MR) is 98.8 cm³/mol. The van der Waals surface area contributed by atoms with Gasteiger partial charge in [0, 0.05) is 17.5 Å². The molecule has 0 saturated heterocycles. The number of aliphatic carboxylic acids is 1. The van der Waals surface area contributed by atoms with Gasteiger partial charge in [-0.2, -0.15) is 0 Å². The number of cyclic esters (lactones) is 1. The summed E-state index contributed by atoms with van der Waals surface area (Å²) in [5.41, 5.74) is 2.88. The molecule has 28 heavy (non-hydrogen) atoms. The van der Waals surface area contributed by atoms with Gasteiger partial charge in [-0.1, -0.05) is 11.6 Å². The van der Waals surface area contributed by atoms with E-state index in [1.54, 1.807) is 13.8 Å². The Hall–Kier alpha value is -3.03. The molecule has 0 radical (unpaired) electrons. The van der Waals surface area contributed by atoms with Crippen molar-refractivity contribution < 1.29 is 38.4 Å². The summed E-state index contributed by atoms with van der Waals surface area (Å²) >= 11 is 0. The van der Waals surface area contributed by atoms with Gasteiger partial charge in [0.1, 0.15) is 17.9 Å². The second kappa shape index (κ2) is 9.25. The lowest BCUT2D eigenvalue weighted by atomic mass is 9.94. The number of hydrogen-bond donors (Lipinski definition) is 1. The van der Waals surface area contributed by atoms with E-state index in [1.807, 2.05) is 13.0 Å². The topological polar surface area (TPSA) is 108 Å². The molecule has 0 bridgehead atoms. The van der Waals surface area contributed by atoms with Gasteiger partial charge in [0.25, 0.3) is 0 Å². The highest BCUT2D eigenvalue weighted by Gasteiger charge is 2.34. The molecule has 1 aromatic rings. The van der Waals surface area contributed by atoms with Crippen LogP contribution in [0.3, 0.4) is 0 Å². The quantitative estimate of drug-likeness (QED) is 0.406. The van der Waals surface area contributed by atoms with Gasteiger partial charge >= 0.3 is 18.1 Å². The Balaban J connectivity index is 2.51. The Morgan fingerprint density at radius 2 is 1.96 bits per heavy atom. The minimum Gasteiger partial charge on any atom is -0.496 e. The number of carbonyl (C=O) groups is 3. The number of benzene rings is 1. The third-order valence-corrected chi connectivity index (χ3v) is 4.46. The van der Waals surface area contributed by atoms with Crippen molar-refractivity contribution in [3.05, 3.63) is 33.9 Å². The molecule has 1 heterocycles. The summed E-state index contributed by atoms with van der Waals surface area (Å²) in [4.78, 5) is 35.0. The fourth-order valence-electron chi connectivity index (χ4n) is 3.04. The first kappa shape index (κ1) is 21.3. The van der Waals surface area contributed by atoms with Crippen molar-refractivity contribution in [2.75, 3.05) is 13.7 Å². The van der Waals surface area contributed by atoms with Crippen molar-refractivity contribution in [3.8, 4) is 11.5 Å². The monoisotopic (exact) mass is 392 g/mol. The minimum absolute atomic E-state index is 0.0151. The molecule has 0 aliphatic carbocycles. The SMILES string of the molecule is CCOC(=O)Oc1c(CC=C(C)CCC(=O)O)c(OC)c(C)c2c1C(=O)OC2. The van der Waals surface area contributed by atoms with Gasteiger partial charge in [-0.05, 0) is 39.2 Å². The second-order valence-electron chi connectivity index (χ2n) is 6.33. The molecule has 0 unspecified atom stereocenters. The third-order valence-electron chi connectivity index (χ3n) is 4.46. The number of carbonyl (C=O) groups excluding carboxylic acids is 2. The van der Waals surface area contributed by atoms with E-state index in [9.17, 15) is 14.4 Å². The average molecular weight is 392 g/mol. The summed E-state index contributed by atoms with van der Waals surface area (Å²) in [5, 5.41) is 8.82. The van der Waals surface area contributed by atoms with E-state index in [2.05, 4.69) is 0 Å². The molecule has 1 aliphatic heterocycles. The first-order valence-corrected chi connectivity index (χ1v) is 8.91. The van der Waals surface area contributed by atoms with Crippen LogP contribution in [0.15, 0.2) is 11.6 Å². The van der Waals surface area contributed by atoms with Crippen molar-refractivity contribution in [1.29, 1.82) is 0 Å². The zero-order chi connectivity index (χ0) is 20.8. The molecule has 8 heteroatoms. The molecule has 1 aromatic carbocycles. The highest BCUT2D eigenvalue weighted by molar-refractivity contribution is 5.98. The zero-order valence-corrected chi connectivity index (χ0v) is 16.4. The molecular weight excluding hydrogens is 368 g/mol. The largest absolute Gasteiger partial charge is 0.513 e. The van der Waals surface area contributed by atoms with Gasteiger partial charge in [-0.25, -0.2) is 9.59 Å². The molecule has 1 aliphatic rings. The van der Waals surface area contributed by atoms with Crippen molar-refractivity contribution in [2.24, 2.45) is 0 Å². The first-order chi connectivity index (χ1) is 13.3. The van der Waals surface area contributed by atoms with Crippen LogP contribution in [0.2, 0.25) is 0 Å². The Morgan fingerprint density at radius 1 is 1.25 bits per heavy atom. The minimum atomic E-state index is -0.928. The highest BCUT2D eigenvalue weighted by atomic mass is 16.7. The first-order valence-electron chi connectivity index (χ1n) is 8.91. The standard InChI is InChI=1S/C20H24O8/c1-5-26-20(24)28-18-13(8-6-11(2)7-9-15(21)22)17(25-4)12(3)14-10-27-19(23)16(14)18/h6H,5,7-10H2,1-4H3,(H,21,22). The Morgan fingerprint density at radius 3 is 2.57 bits per heavy atom. The van der Waals surface area contributed by atoms with Crippen LogP contribution < -0.4 is 9.47 Å². The number of fused-ring (bicyclic) bond motifs is 1. The maximum atomic E-state index is 12.3. The molecule has 8 nitrogen and oxygen atoms in total. The van der Waals surface area contributed by atoms with Crippen molar-refractivity contribution in [2.45, 2.75) is 46.6 Å². The molecule has 0 atom stereocenters. The smallest absolute Gasteiger partial charge is 0.496 e. The van der Waals surface area contributed by atoms with Gasteiger partial charge in [-0.15, -0.1) is 0 Å². The Labute approximate surface area is 163 Å². The summed E-state index contributed by atoms with van der Waals surface area (Å²) in [6, 6.07) is 0. The van der Waals surface area contributed by atoms with Crippen LogP contribution in [0.1, 0.15) is 53.7 Å². The summed E-state index contributed by atoms with van der Waals surface area (Å²) < 4.78 is 20.9. The van der Waals surface area contributed by atoms with E-state index in [-0.39, 0.29) is 37.4 Å². The molecule has 1 N–H and O–H groups in total. The number of carboxylic acids is 1. The molecule has 0 spiro atoms. The summed E-state index contributed by atoms with van der Waals surface area (Å²) in [5.74, 6) is -0.917. The van der Waals surface area contributed by atoms with Gasteiger partial charge in [0.2, 0.25) is 0 Å². The zero-order valence-electron chi connectivity index (χ0n) is 16.4. The van der Waals surface area contributed by atoms with Crippen LogP contribution in [-0.4, -0.2) is 36.9 Å². The van der Waals surface area contributed by atoms with E-state index < -0.39 is 18.1 Å². The fraction of sp³-hybridized carbons (Fsp3) is 0.450. The van der Waals surface area contributed by atoms with Crippen LogP contribution in [0.25, 0.3) is 0 Å². The average Bonchev–Trinajstić information content (AvgIpc) is 3.03. The molecule has 0 aromatic heterocycles. The maximum Gasteiger partial charge on any atom is 0.513 e. The number of allylic oxidation sites excluding steroid dienone is 2. The molecule has 0 saturated carbocycles. The van der Waals surface area contributed by atoms with Crippen molar-refractivity contribution in [3.63, 3.8) is 0 Å². The van der Waals surface area contributed by atoms with E-state index in [4.69, 9.17) is 24.1 Å². The molecule has 2 rings (SSSR count). The van der Waals surface area contributed by atoms with Gasteiger partial charge < -0.3 is 24.1 Å². The molecular formula is C20H24O8. The van der Waals surface area contributed by atoms with Crippen LogP contribution in [0, 0.1) is 6.92 Å². The van der Waals surface area contributed by atoms with Crippen LogP contribution in [0.4, 0.5) is 4.79 Å². The molecule has 152 valence electrons. The summed E-state index contributed by atoms with van der Waals surface area (Å²) in [6.45, 7) is 5.46. The summed E-state index contributed by atoms with van der Waals surface area (Å²) in [6.07, 6.45) is 1.58. The summed E-state index contributed by atoms with van der Waals surface area (Å²) in [7, 11) is 1.49. The lowest BCUT2D eigenvalue weighted by Gasteiger charge is -2.18. The highest BCUT2D eigenvalue weighted by Crippen LogP contribution is 2.43. The van der Waals surface area contributed by atoms with Gasteiger partial charge in [0.05, 0.1) is 13.7 Å². The Kier molecular flexibility index (Phi) is 7.03. The molecule has 0 amide bonds. The van der Waals surface area contributed by atoms with Gasteiger partial charge in [-0.3, -0.25) is 4.79 Å². The maximum absolute atomic E-state index is 12.3. The number of carboxylic acid groups (broad SMARTS) is 1. The number of hydrogen-bond acceptors (Lipinski definition) is 7. The van der Waals surface area contributed by atoms with E-state index in [0.717, 1.165) is 11.1 Å². The number of rotatable bonds is 8. The van der Waals surface area contributed by atoms with E-state index in [0.29, 0.717) is 23.3 Å². The van der Waals surface area contributed by atoms with Gasteiger partial charge in [0.15, 0.2) is 5.75 Å². The number of methoxy groups -OCH3 is 1. The Bertz CT molecular complexity index is 822.